The fraction of sp³-hybridized carbons (Fsp3) is 0.190. The van der Waals surface area contributed by atoms with Crippen LogP contribution in [0.4, 0.5) is 4.39 Å². The van der Waals surface area contributed by atoms with Gasteiger partial charge in [-0.05, 0) is 103 Å². The molecule has 0 amide bonds. The highest BCUT2D eigenvalue weighted by Crippen LogP contribution is 2.26. The van der Waals surface area contributed by atoms with Crippen LogP contribution in [-0.4, -0.2) is 43.7 Å². The Morgan fingerprint density at radius 1 is 0.615 bits per heavy atom. The van der Waals surface area contributed by atoms with Crippen LogP contribution in [0.15, 0.2) is 122 Å². The number of unbranched alkanes of at least 4 members (excludes halogenated alkanes) is 3. The molecule has 0 fully saturated rings. The first kappa shape index (κ1) is 38.5. The van der Waals surface area contributed by atoms with Crippen LogP contribution in [0, 0.1) is 5.82 Å². The maximum atomic E-state index is 15.0. The second-order valence-corrected chi connectivity index (χ2v) is 11.3. The van der Waals surface area contributed by atoms with Crippen molar-refractivity contribution in [2.24, 2.45) is 0 Å². The lowest BCUT2D eigenvalue weighted by atomic mass is 10.0. The highest BCUT2D eigenvalue weighted by molar-refractivity contribution is 5.92. The second-order valence-electron chi connectivity index (χ2n) is 11.3. The van der Waals surface area contributed by atoms with Gasteiger partial charge >= 0.3 is 23.9 Å². The lowest BCUT2D eigenvalue weighted by molar-refractivity contribution is -0.138. The Morgan fingerprint density at radius 2 is 1.21 bits per heavy atom. The molecule has 0 aliphatic rings. The maximum Gasteiger partial charge on any atom is 0.343 e. The molecule has 0 spiro atoms. The molecule has 4 aromatic rings. The molecule has 0 bridgehead atoms. The third kappa shape index (κ3) is 12.9. The Balaban J connectivity index is 1.19. The molecule has 0 saturated heterocycles. The standard InChI is InChI=1S/C42H39FO9/c1-3-39(44)49-27-8-6-5-7-26-48-34-19-13-32(14-20-34)37-23-11-31(29-38(37)43)12-24-41(46)51-35-21-15-33(16-22-35)42(47)52-36-17-9-30(10-18-36)25-28-50-40(45)4-2/h3-4,9-24,29H,1-2,5-8,25-28H2/b24-12+. The summed E-state index contributed by atoms with van der Waals surface area (Å²) in [5, 5.41) is 0. The van der Waals surface area contributed by atoms with Crippen LogP contribution in [0.3, 0.4) is 0 Å². The largest absolute Gasteiger partial charge is 0.494 e. The third-order valence-electron chi connectivity index (χ3n) is 7.53. The van der Waals surface area contributed by atoms with Gasteiger partial charge < -0.3 is 23.7 Å². The number of esters is 4. The lowest BCUT2D eigenvalue weighted by Gasteiger charge is -2.09. The van der Waals surface area contributed by atoms with Crippen molar-refractivity contribution in [1.82, 2.24) is 0 Å². The minimum Gasteiger partial charge on any atom is -0.494 e. The molecule has 10 heteroatoms. The summed E-state index contributed by atoms with van der Waals surface area (Å²) in [7, 11) is 0. The number of hydrogen-bond donors (Lipinski definition) is 0. The minimum absolute atomic E-state index is 0.208. The van der Waals surface area contributed by atoms with E-state index in [4.69, 9.17) is 23.7 Å². The summed E-state index contributed by atoms with van der Waals surface area (Å²) in [6.07, 6.45) is 8.90. The number of rotatable bonds is 19. The SMILES string of the molecule is C=CC(=O)OCCCCCCOc1ccc(-c2ccc(/C=C/C(=O)Oc3ccc(C(=O)Oc4ccc(CCOC(=O)C=C)cc4)cc3)cc2F)cc1. The molecule has 0 radical (unpaired) electrons. The van der Waals surface area contributed by atoms with Crippen molar-refractivity contribution in [2.45, 2.75) is 32.1 Å². The van der Waals surface area contributed by atoms with Gasteiger partial charge in [0.1, 0.15) is 23.1 Å². The molecule has 4 rings (SSSR count). The Hall–Kier alpha value is -6.29. The molecular formula is C42H39FO9. The number of carbonyl (C=O) groups excluding carboxylic acids is 4. The van der Waals surface area contributed by atoms with Crippen molar-refractivity contribution in [3.05, 3.63) is 145 Å². The summed E-state index contributed by atoms with van der Waals surface area (Å²) in [6, 6.07) is 24.5. The number of halogens is 1. The van der Waals surface area contributed by atoms with E-state index in [1.165, 1.54) is 42.5 Å². The fourth-order valence-electron chi connectivity index (χ4n) is 4.77. The Kier molecular flexibility index (Phi) is 15.1. The molecule has 0 unspecified atom stereocenters. The molecule has 52 heavy (non-hydrogen) atoms. The summed E-state index contributed by atoms with van der Waals surface area (Å²) in [5.41, 5.74) is 2.71. The third-order valence-corrected chi connectivity index (χ3v) is 7.53. The zero-order chi connectivity index (χ0) is 37.1. The van der Waals surface area contributed by atoms with Gasteiger partial charge in [-0.3, -0.25) is 0 Å². The minimum atomic E-state index is -0.677. The molecule has 0 saturated carbocycles. The molecule has 0 N–H and O–H groups in total. The van der Waals surface area contributed by atoms with Crippen LogP contribution in [0.1, 0.15) is 47.2 Å². The van der Waals surface area contributed by atoms with E-state index in [1.54, 1.807) is 60.7 Å². The molecule has 0 heterocycles. The van der Waals surface area contributed by atoms with Crippen LogP contribution in [0.25, 0.3) is 17.2 Å². The number of ether oxygens (including phenoxy) is 5. The van der Waals surface area contributed by atoms with Crippen molar-refractivity contribution in [2.75, 3.05) is 19.8 Å². The van der Waals surface area contributed by atoms with Gasteiger partial charge in [0.05, 0.1) is 25.4 Å². The van der Waals surface area contributed by atoms with Crippen molar-refractivity contribution in [3.63, 3.8) is 0 Å². The predicted molar refractivity (Wildman–Crippen MR) is 194 cm³/mol. The normalized spacial score (nSPS) is 10.6. The quantitative estimate of drug-likeness (QED) is 0.0411. The molecule has 0 atom stereocenters. The average Bonchev–Trinajstić information content (AvgIpc) is 3.16. The smallest absolute Gasteiger partial charge is 0.343 e. The van der Waals surface area contributed by atoms with E-state index in [9.17, 15) is 19.2 Å². The molecule has 4 aromatic carbocycles. The van der Waals surface area contributed by atoms with Gasteiger partial charge in [0, 0.05) is 30.2 Å². The first-order valence-electron chi connectivity index (χ1n) is 16.7. The van der Waals surface area contributed by atoms with Crippen LogP contribution in [0.5, 0.6) is 17.2 Å². The maximum absolute atomic E-state index is 15.0. The van der Waals surface area contributed by atoms with Gasteiger partial charge in [0.25, 0.3) is 0 Å². The molecule has 9 nitrogen and oxygen atoms in total. The molecule has 268 valence electrons. The first-order valence-corrected chi connectivity index (χ1v) is 16.7. The van der Waals surface area contributed by atoms with Crippen molar-refractivity contribution >= 4 is 30.0 Å². The van der Waals surface area contributed by atoms with Gasteiger partial charge in [0.2, 0.25) is 0 Å². The van der Waals surface area contributed by atoms with E-state index in [0.29, 0.717) is 47.8 Å². The topological polar surface area (TPSA) is 114 Å². The predicted octanol–water partition coefficient (Wildman–Crippen LogP) is 8.27. The summed E-state index contributed by atoms with van der Waals surface area (Å²) in [5.74, 6) is -1.38. The van der Waals surface area contributed by atoms with Crippen LogP contribution >= 0.6 is 0 Å². The number of hydrogen-bond acceptors (Lipinski definition) is 9. The van der Waals surface area contributed by atoms with E-state index in [2.05, 4.69) is 13.2 Å². The van der Waals surface area contributed by atoms with Crippen molar-refractivity contribution in [3.8, 4) is 28.4 Å². The van der Waals surface area contributed by atoms with Gasteiger partial charge in [-0.1, -0.05) is 49.6 Å². The first-order chi connectivity index (χ1) is 25.2. The number of carbonyl (C=O) groups is 4. The lowest BCUT2D eigenvalue weighted by Crippen LogP contribution is -2.09. The van der Waals surface area contributed by atoms with E-state index < -0.39 is 29.7 Å². The molecule has 0 aliphatic heterocycles. The van der Waals surface area contributed by atoms with E-state index in [1.807, 2.05) is 0 Å². The van der Waals surface area contributed by atoms with E-state index >= 15 is 4.39 Å². The van der Waals surface area contributed by atoms with Gasteiger partial charge in [-0.25, -0.2) is 23.6 Å². The van der Waals surface area contributed by atoms with E-state index in [0.717, 1.165) is 43.4 Å². The number of benzene rings is 4. The van der Waals surface area contributed by atoms with Crippen LogP contribution in [-0.2, 0) is 30.3 Å². The highest BCUT2D eigenvalue weighted by atomic mass is 19.1. The molecule has 0 aromatic heterocycles. The summed E-state index contributed by atoms with van der Waals surface area (Å²) >= 11 is 0. The van der Waals surface area contributed by atoms with Crippen LogP contribution < -0.4 is 14.2 Å². The molecular weight excluding hydrogens is 667 g/mol. The van der Waals surface area contributed by atoms with E-state index in [-0.39, 0.29) is 17.9 Å². The monoisotopic (exact) mass is 706 g/mol. The summed E-state index contributed by atoms with van der Waals surface area (Å²) < 4.78 is 41.4. The van der Waals surface area contributed by atoms with Crippen molar-refractivity contribution in [1.29, 1.82) is 0 Å². The van der Waals surface area contributed by atoms with Crippen molar-refractivity contribution < 1.29 is 47.3 Å². The zero-order valence-electron chi connectivity index (χ0n) is 28.6. The van der Waals surface area contributed by atoms with Gasteiger partial charge in [-0.2, -0.15) is 0 Å². The summed E-state index contributed by atoms with van der Waals surface area (Å²) in [4.78, 5) is 47.2. The average molecular weight is 707 g/mol. The Bertz CT molecular complexity index is 1860. The Labute approximate surface area is 301 Å². The second kappa shape index (κ2) is 20.4. The fourth-order valence-corrected chi connectivity index (χ4v) is 4.77. The van der Waals surface area contributed by atoms with Gasteiger partial charge in [-0.15, -0.1) is 0 Å². The van der Waals surface area contributed by atoms with Crippen LogP contribution in [0.2, 0.25) is 0 Å². The Morgan fingerprint density at radius 3 is 1.87 bits per heavy atom. The molecule has 0 aliphatic carbocycles. The zero-order valence-corrected chi connectivity index (χ0v) is 28.6. The van der Waals surface area contributed by atoms with Gasteiger partial charge in [0.15, 0.2) is 0 Å². The summed E-state index contributed by atoms with van der Waals surface area (Å²) in [6.45, 7) is 7.84. The highest BCUT2D eigenvalue weighted by Gasteiger charge is 2.11.